The molecule has 0 amide bonds. The van der Waals surface area contributed by atoms with E-state index in [0.717, 1.165) is 17.4 Å². The molecule has 0 unspecified atom stereocenters. The topological polar surface area (TPSA) is 4.93 Å². The van der Waals surface area contributed by atoms with Crippen molar-refractivity contribution in [3.05, 3.63) is 59.1 Å². The molecule has 0 aliphatic carbocycles. The van der Waals surface area contributed by atoms with Gasteiger partial charge < -0.3 is 4.57 Å². The molecule has 0 N–H and O–H groups in total. The number of hydrogen-bond acceptors (Lipinski definition) is 0. The molecule has 96 valence electrons. The zero-order valence-corrected chi connectivity index (χ0v) is 12.5. The number of halogens is 1. The maximum atomic E-state index is 3.50. The highest BCUT2D eigenvalue weighted by Gasteiger charge is 2.09. The molecule has 0 aliphatic rings. The van der Waals surface area contributed by atoms with Crippen molar-refractivity contribution in [2.45, 2.75) is 19.9 Å². The fourth-order valence-corrected chi connectivity index (χ4v) is 2.80. The van der Waals surface area contributed by atoms with Crippen molar-refractivity contribution in [2.75, 3.05) is 0 Å². The number of hydrogen-bond donors (Lipinski definition) is 0. The molecular formula is C17H16BrN. The minimum atomic E-state index is 1.05. The Bertz CT molecular complexity index is 695. The molecule has 0 fully saturated rings. The van der Waals surface area contributed by atoms with Crippen LogP contribution in [0.15, 0.2) is 59.1 Å². The standard InChI is InChI=1S/C17H16BrN/c1-2-11-19-16-6-4-3-5-14(16)12-17(19)13-7-9-15(18)10-8-13/h3-10,12H,2,11H2,1H3. The molecule has 1 aromatic heterocycles. The number of rotatable bonds is 3. The first-order valence-electron chi connectivity index (χ1n) is 6.64. The van der Waals surface area contributed by atoms with Crippen LogP contribution in [0, 0.1) is 0 Å². The summed E-state index contributed by atoms with van der Waals surface area (Å²) >= 11 is 3.50. The first-order valence-corrected chi connectivity index (χ1v) is 7.43. The predicted molar refractivity (Wildman–Crippen MR) is 85.4 cm³/mol. The Balaban J connectivity index is 2.21. The second kappa shape index (κ2) is 5.22. The average Bonchev–Trinajstić information content (AvgIpc) is 2.79. The lowest BCUT2D eigenvalue weighted by atomic mass is 10.1. The summed E-state index contributed by atoms with van der Waals surface area (Å²) in [4.78, 5) is 0. The van der Waals surface area contributed by atoms with Crippen LogP contribution in [0.2, 0.25) is 0 Å². The van der Waals surface area contributed by atoms with Crippen molar-refractivity contribution < 1.29 is 0 Å². The first-order chi connectivity index (χ1) is 9.29. The molecule has 0 saturated carbocycles. The fraction of sp³-hybridized carbons (Fsp3) is 0.176. The molecule has 1 nitrogen and oxygen atoms in total. The van der Waals surface area contributed by atoms with Gasteiger partial charge in [-0.3, -0.25) is 0 Å². The lowest BCUT2D eigenvalue weighted by Crippen LogP contribution is -1.98. The van der Waals surface area contributed by atoms with Crippen LogP contribution < -0.4 is 0 Å². The number of para-hydroxylation sites is 1. The quantitative estimate of drug-likeness (QED) is 0.603. The third-order valence-electron chi connectivity index (χ3n) is 3.40. The van der Waals surface area contributed by atoms with Crippen molar-refractivity contribution >= 4 is 26.8 Å². The van der Waals surface area contributed by atoms with Crippen LogP contribution in [-0.2, 0) is 6.54 Å². The van der Waals surface area contributed by atoms with E-state index in [2.05, 4.69) is 82.0 Å². The summed E-state index contributed by atoms with van der Waals surface area (Å²) < 4.78 is 3.54. The third kappa shape index (κ3) is 2.33. The molecule has 0 aliphatic heterocycles. The van der Waals surface area contributed by atoms with E-state index < -0.39 is 0 Å². The van der Waals surface area contributed by atoms with Crippen molar-refractivity contribution in [1.82, 2.24) is 4.57 Å². The zero-order valence-electron chi connectivity index (χ0n) is 10.9. The van der Waals surface area contributed by atoms with E-state index in [0.29, 0.717) is 0 Å². The molecule has 3 rings (SSSR count). The highest BCUT2D eigenvalue weighted by Crippen LogP contribution is 2.29. The van der Waals surface area contributed by atoms with E-state index in [1.807, 2.05) is 0 Å². The summed E-state index contributed by atoms with van der Waals surface area (Å²) in [6.45, 7) is 3.28. The summed E-state index contributed by atoms with van der Waals surface area (Å²) in [6.07, 6.45) is 1.14. The van der Waals surface area contributed by atoms with Gasteiger partial charge >= 0.3 is 0 Å². The number of aromatic nitrogens is 1. The second-order valence-electron chi connectivity index (χ2n) is 4.75. The predicted octanol–water partition coefficient (Wildman–Crippen LogP) is 5.48. The van der Waals surface area contributed by atoms with E-state index in [9.17, 15) is 0 Å². The van der Waals surface area contributed by atoms with Crippen LogP contribution in [0.3, 0.4) is 0 Å². The van der Waals surface area contributed by atoms with Crippen LogP contribution in [0.25, 0.3) is 22.2 Å². The van der Waals surface area contributed by atoms with E-state index in [4.69, 9.17) is 0 Å². The Morgan fingerprint density at radius 1 is 1.00 bits per heavy atom. The summed E-state index contributed by atoms with van der Waals surface area (Å²) in [6, 6.07) is 19.4. The summed E-state index contributed by atoms with van der Waals surface area (Å²) in [5.74, 6) is 0. The van der Waals surface area contributed by atoms with Gasteiger partial charge in [-0.25, -0.2) is 0 Å². The molecule has 0 atom stereocenters. The molecule has 0 bridgehead atoms. The highest BCUT2D eigenvalue weighted by molar-refractivity contribution is 9.10. The Labute approximate surface area is 122 Å². The highest BCUT2D eigenvalue weighted by atomic mass is 79.9. The van der Waals surface area contributed by atoms with Crippen LogP contribution in [0.5, 0.6) is 0 Å². The van der Waals surface area contributed by atoms with Crippen molar-refractivity contribution in [1.29, 1.82) is 0 Å². The van der Waals surface area contributed by atoms with Gasteiger partial charge in [-0.05, 0) is 36.2 Å². The van der Waals surface area contributed by atoms with Crippen molar-refractivity contribution in [2.24, 2.45) is 0 Å². The molecule has 2 aromatic carbocycles. The molecule has 2 heteroatoms. The first kappa shape index (κ1) is 12.5. The maximum absolute atomic E-state index is 3.50. The minimum absolute atomic E-state index is 1.05. The van der Waals surface area contributed by atoms with Crippen molar-refractivity contribution in [3.8, 4) is 11.3 Å². The zero-order chi connectivity index (χ0) is 13.2. The third-order valence-corrected chi connectivity index (χ3v) is 3.93. The van der Waals surface area contributed by atoms with E-state index in [1.165, 1.54) is 22.2 Å². The molecule has 1 heterocycles. The molecule has 0 saturated heterocycles. The van der Waals surface area contributed by atoms with Crippen LogP contribution >= 0.6 is 15.9 Å². The van der Waals surface area contributed by atoms with Crippen molar-refractivity contribution in [3.63, 3.8) is 0 Å². The van der Waals surface area contributed by atoms with E-state index in [-0.39, 0.29) is 0 Å². The Kier molecular flexibility index (Phi) is 3.43. The maximum Gasteiger partial charge on any atom is 0.0491 e. The van der Waals surface area contributed by atoms with Gasteiger partial charge in [-0.2, -0.15) is 0 Å². The van der Waals surface area contributed by atoms with Crippen LogP contribution in [-0.4, -0.2) is 4.57 Å². The Hall–Kier alpha value is -1.54. The fourth-order valence-electron chi connectivity index (χ4n) is 2.53. The van der Waals surface area contributed by atoms with E-state index in [1.54, 1.807) is 0 Å². The lowest BCUT2D eigenvalue weighted by molar-refractivity contribution is 0.709. The van der Waals surface area contributed by atoms with Crippen LogP contribution in [0.4, 0.5) is 0 Å². The number of nitrogens with zero attached hydrogens (tertiary/aromatic N) is 1. The smallest absolute Gasteiger partial charge is 0.0491 e. The van der Waals surface area contributed by atoms with Gasteiger partial charge in [0.1, 0.15) is 0 Å². The monoisotopic (exact) mass is 313 g/mol. The summed E-state index contributed by atoms with van der Waals surface area (Å²) in [7, 11) is 0. The normalized spacial score (nSPS) is 11.1. The minimum Gasteiger partial charge on any atom is -0.341 e. The number of benzene rings is 2. The van der Waals surface area contributed by atoms with Gasteiger partial charge in [0, 0.05) is 27.6 Å². The average molecular weight is 314 g/mol. The van der Waals surface area contributed by atoms with Gasteiger partial charge in [0.15, 0.2) is 0 Å². The molecule has 0 radical (unpaired) electrons. The number of fused-ring (bicyclic) bond motifs is 1. The van der Waals surface area contributed by atoms with Gasteiger partial charge in [0.2, 0.25) is 0 Å². The molecule has 19 heavy (non-hydrogen) atoms. The summed E-state index contributed by atoms with van der Waals surface area (Å²) in [5, 5.41) is 1.31. The SMILES string of the molecule is CCCn1c(-c2ccc(Br)cc2)cc2ccccc21. The second-order valence-corrected chi connectivity index (χ2v) is 5.66. The number of aryl methyl sites for hydroxylation is 1. The van der Waals surface area contributed by atoms with Gasteiger partial charge in [-0.1, -0.05) is 53.2 Å². The molecule has 0 spiro atoms. The van der Waals surface area contributed by atoms with Crippen LogP contribution in [0.1, 0.15) is 13.3 Å². The Morgan fingerprint density at radius 2 is 1.74 bits per heavy atom. The molecular weight excluding hydrogens is 298 g/mol. The van der Waals surface area contributed by atoms with Gasteiger partial charge in [0.05, 0.1) is 0 Å². The largest absolute Gasteiger partial charge is 0.341 e. The summed E-state index contributed by atoms with van der Waals surface area (Å²) in [5.41, 5.74) is 3.89. The molecule has 3 aromatic rings. The van der Waals surface area contributed by atoms with Gasteiger partial charge in [0.25, 0.3) is 0 Å². The van der Waals surface area contributed by atoms with E-state index >= 15 is 0 Å². The Morgan fingerprint density at radius 3 is 2.47 bits per heavy atom. The lowest BCUT2D eigenvalue weighted by Gasteiger charge is -2.09. The van der Waals surface area contributed by atoms with Gasteiger partial charge in [-0.15, -0.1) is 0 Å².